The number of nitrogens with zero attached hydrogens (tertiary/aromatic N) is 3. The molecule has 0 spiro atoms. The summed E-state index contributed by atoms with van der Waals surface area (Å²) in [6.07, 6.45) is 7.95. The van der Waals surface area contributed by atoms with E-state index in [2.05, 4.69) is 16.3 Å². The summed E-state index contributed by atoms with van der Waals surface area (Å²) in [6.45, 7) is 1.16. The van der Waals surface area contributed by atoms with Gasteiger partial charge in [0.05, 0.1) is 11.8 Å². The Balaban J connectivity index is 1.42. The third-order valence-corrected chi connectivity index (χ3v) is 6.52. The molecular formula is C28H30N4O2. The predicted octanol–water partition coefficient (Wildman–Crippen LogP) is 5.74. The fourth-order valence-corrected chi connectivity index (χ4v) is 4.76. The number of aromatic nitrogens is 2. The van der Waals surface area contributed by atoms with E-state index in [9.17, 15) is 4.79 Å². The number of carbonyl (C=O) groups excluding carboxylic acids is 1. The molecule has 0 bridgehead atoms. The van der Waals surface area contributed by atoms with Crippen LogP contribution in [0.1, 0.15) is 44.1 Å². The second kappa shape index (κ2) is 10.5. The van der Waals surface area contributed by atoms with Gasteiger partial charge in [-0.1, -0.05) is 61.7 Å². The first-order valence-electron chi connectivity index (χ1n) is 12.2. The van der Waals surface area contributed by atoms with Gasteiger partial charge in [0, 0.05) is 30.9 Å². The van der Waals surface area contributed by atoms with Gasteiger partial charge in [-0.05, 0) is 42.7 Å². The highest BCUT2D eigenvalue weighted by molar-refractivity contribution is 5.91. The maximum absolute atomic E-state index is 12.8. The Morgan fingerprint density at radius 2 is 1.74 bits per heavy atom. The van der Waals surface area contributed by atoms with Gasteiger partial charge in [-0.15, -0.1) is 0 Å². The van der Waals surface area contributed by atoms with E-state index in [-0.39, 0.29) is 5.91 Å². The highest BCUT2D eigenvalue weighted by atomic mass is 16.3. The Labute approximate surface area is 200 Å². The molecule has 1 aliphatic rings. The molecule has 1 N–H and O–H groups in total. The van der Waals surface area contributed by atoms with Crippen LogP contribution in [0.15, 0.2) is 77.4 Å². The third kappa shape index (κ3) is 5.11. The van der Waals surface area contributed by atoms with Gasteiger partial charge in [-0.2, -0.15) is 0 Å². The zero-order chi connectivity index (χ0) is 23.2. The van der Waals surface area contributed by atoms with Gasteiger partial charge in [0.25, 0.3) is 0 Å². The zero-order valence-electron chi connectivity index (χ0n) is 19.3. The van der Waals surface area contributed by atoms with Crippen molar-refractivity contribution in [1.82, 2.24) is 15.3 Å². The van der Waals surface area contributed by atoms with Crippen LogP contribution < -0.4 is 10.2 Å². The molecule has 2 aromatic carbocycles. The van der Waals surface area contributed by atoms with Crippen LogP contribution in [0.5, 0.6) is 0 Å². The van der Waals surface area contributed by atoms with Crippen LogP contribution in [0.2, 0.25) is 0 Å². The molecule has 0 radical (unpaired) electrons. The van der Waals surface area contributed by atoms with Gasteiger partial charge < -0.3 is 14.6 Å². The molecule has 6 nitrogen and oxygen atoms in total. The number of hydrogen-bond acceptors (Lipinski definition) is 5. The van der Waals surface area contributed by atoms with Crippen LogP contribution in [0, 0.1) is 0 Å². The van der Waals surface area contributed by atoms with Crippen molar-refractivity contribution in [3.63, 3.8) is 0 Å². The van der Waals surface area contributed by atoms with Crippen LogP contribution in [0.3, 0.4) is 0 Å². The van der Waals surface area contributed by atoms with Gasteiger partial charge in [0.2, 0.25) is 5.91 Å². The van der Waals surface area contributed by atoms with Gasteiger partial charge in [-0.25, -0.2) is 9.97 Å². The van der Waals surface area contributed by atoms with Crippen molar-refractivity contribution in [2.24, 2.45) is 0 Å². The fourth-order valence-electron chi connectivity index (χ4n) is 4.76. The number of fused-ring (bicyclic) bond motifs is 1. The van der Waals surface area contributed by atoms with E-state index in [1.807, 2.05) is 60.7 Å². The second-order valence-corrected chi connectivity index (χ2v) is 8.86. The number of furan rings is 1. The molecule has 0 atom stereocenters. The van der Waals surface area contributed by atoms with E-state index < -0.39 is 0 Å². The molecule has 2 aromatic heterocycles. The summed E-state index contributed by atoms with van der Waals surface area (Å²) >= 11 is 0. The number of carbonyl (C=O) groups is 1. The molecule has 2 heterocycles. The minimum atomic E-state index is 0.0503. The first kappa shape index (κ1) is 22.1. The smallest absolute Gasteiger partial charge is 0.222 e. The van der Waals surface area contributed by atoms with Gasteiger partial charge in [0.1, 0.15) is 5.82 Å². The molecule has 0 unspecified atom stereocenters. The largest absolute Gasteiger partial charge is 0.461 e. The lowest BCUT2D eigenvalue weighted by atomic mass is 9.93. The molecule has 1 saturated carbocycles. The topological polar surface area (TPSA) is 71.3 Å². The summed E-state index contributed by atoms with van der Waals surface area (Å²) in [7, 11) is 0. The summed E-state index contributed by atoms with van der Waals surface area (Å²) in [4.78, 5) is 24.8. The van der Waals surface area contributed by atoms with E-state index in [1.165, 1.54) is 19.3 Å². The summed E-state index contributed by atoms with van der Waals surface area (Å²) in [5, 5.41) is 4.07. The Morgan fingerprint density at radius 1 is 0.941 bits per heavy atom. The number of hydrogen-bond donors (Lipinski definition) is 1. The highest BCUT2D eigenvalue weighted by Gasteiger charge is 2.26. The maximum Gasteiger partial charge on any atom is 0.222 e. The van der Waals surface area contributed by atoms with Crippen molar-refractivity contribution >= 4 is 22.6 Å². The molecule has 1 aliphatic carbocycles. The standard InChI is InChI=1S/C28H30N4O2/c33-26(29-20-21-10-3-1-4-11-21)17-18-32(22-12-5-2-6-13-22)28-23-14-7-8-15-24(23)30-27(31-28)25-16-9-19-34-25/h1,3-4,7-11,14-16,19,22H,2,5-6,12-13,17-18,20H2,(H,29,33). The number of nitrogens with one attached hydrogen (secondary N) is 1. The lowest BCUT2D eigenvalue weighted by molar-refractivity contribution is -0.121. The van der Waals surface area contributed by atoms with Crippen LogP contribution in [-0.4, -0.2) is 28.5 Å². The van der Waals surface area contributed by atoms with Gasteiger partial charge in [0.15, 0.2) is 11.6 Å². The highest BCUT2D eigenvalue weighted by Crippen LogP contribution is 2.33. The van der Waals surface area contributed by atoms with E-state index in [0.717, 1.165) is 35.1 Å². The van der Waals surface area contributed by atoms with Crippen LogP contribution in [-0.2, 0) is 11.3 Å². The fraction of sp³-hybridized carbons (Fsp3) is 0.321. The number of amides is 1. The number of anilines is 1. The molecule has 5 rings (SSSR count). The SMILES string of the molecule is O=C(CCN(c1nc(-c2ccco2)nc2ccccc12)C1CCCCC1)NCc1ccccc1. The second-order valence-electron chi connectivity index (χ2n) is 8.86. The maximum atomic E-state index is 12.8. The summed E-state index contributed by atoms with van der Waals surface area (Å²) in [5.41, 5.74) is 1.98. The molecule has 174 valence electrons. The average molecular weight is 455 g/mol. The van der Waals surface area contributed by atoms with E-state index in [4.69, 9.17) is 14.4 Å². The van der Waals surface area contributed by atoms with Crippen molar-refractivity contribution < 1.29 is 9.21 Å². The number of benzene rings is 2. The van der Waals surface area contributed by atoms with E-state index >= 15 is 0 Å². The van der Waals surface area contributed by atoms with Crippen molar-refractivity contribution in [3.8, 4) is 11.6 Å². The van der Waals surface area contributed by atoms with Crippen molar-refractivity contribution in [2.45, 2.75) is 51.1 Å². The Bertz CT molecular complexity index is 1220. The first-order valence-corrected chi connectivity index (χ1v) is 12.2. The molecule has 34 heavy (non-hydrogen) atoms. The van der Waals surface area contributed by atoms with Gasteiger partial charge in [-0.3, -0.25) is 4.79 Å². The quantitative estimate of drug-likeness (QED) is 0.368. The monoisotopic (exact) mass is 454 g/mol. The molecule has 0 aliphatic heterocycles. The Kier molecular flexibility index (Phi) is 6.84. The summed E-state index contributed by atoms with van der Waals surface area (Å²) in [6, 6.07) is 22.2. The summed E-state index contributed by atoms with van der Waals surface area (Å²) in [5.74, 6) is 2.17. The molecule has 1 amide bonds. The minimum absolute atomic E-state index is 0.0503. The molecule has 6 heteroatoms. The Morgan fingerprint density at radius 3 is 2.53 bits per heavy atom. The van der Waals surface area contributed by atoms with Crippen molar-refractivity contribution in [2.75, 3.05) is 11.4 Å². The summed E-state index contributed by atoms with van der Waals surface area (Å²) < 4.78 is 5.61. The van der Waals surface area contributed by atoms with E-state index in [0.29, 0.717) is 37.1 Å². The molecule has 1 fully saturated rings. The molecular weight excluding hydrogens is 424 g/mol. The van der Waals surface area contributed by atoms with Gasteiger partial charge >= 0.3 is 0 Å². The predicted molar refractivity (Wildman–Crippen MR) is 134 cm³/mol. The molecule has 0 saturated heterocycles. The van der Waals surface area contributed by atoms with Crippen LogP contribution >= 0.6 is 0 Å². The van der Waals surface area contributed by atoms with E-state index in [1.54, 1.807) is 6.26 Å². The zero-order valence-corrected chi connectivity index (χ0v) is 19.3. The lowest BCUT2D eigenvalue weighted by Gasteiger charge is -2.36. The Hall–Kier alpha value is -3.67. The number of para-hydroxylation sites is 1. The molecule has 4 aromatic rings. The number of rotatable bonds is 8. The first-order chi connectivity index (χ1) is 16.8. The lowest BCUT2D eigenvalue weighted by Crippen LogP contribution is -2.40. The normalized spacial score (nSPS) is 14.2. The average Bonchev–Trinajstić information content (AvgIpc) is 3.44. The van der Waals surface area contributed by atoms with Crippen LogP contribution in [0.25, 0.3) is 22.5 Å². The third-order valence-electron chi connectivity index (χ3n) is 6.52. The minimum Gasteiger partial charge on any atom is -0.461 e. The van der Waals surface area contributed by atoms with Crippen molar-refractivity contribution in [1.29, 1.82) is 0 Å². The van der Waals surface area contributed by atoms with Crippen LogP contribution in [0.4, 0.5) is 5.82 Å². The van der Waals surface area contributed by atoms with Crippen molar-refractivity contribution in [3.05, 3.63) is 78.6 Å².